The lowest BCUT2D eigenvalue weighted by Gasteiger charge is -2.32. The highest BCUT2D eigenvalue weighted by molar-refractivity contribution is 7.89. The average Bonchev–Trinajstić information content (AvgIpc) is 2.64. The largest absolute Gasteiger partial charge is 0.481 e. The first kappa shape index (κ1) is 20.1. The van der Waals surface area contributed by atoms with Crippen LogP contribution in [0, 0.1) is 5.92 Å². The highest BCUT2D eigenvalue weighted by atomic mass is 32.2. The molecule has 0 radical (unpaired) electrons. The number of rotatable bonds is 8. The van der Waals surface area contributed by atoms with Crippen molar-refractivity contribution < 1.29 is 23.1 Å². The van der Waals surface area contributed by atoms with Crippen LogP contribution in [-0.4, -0.2) is 49.9 Å². The van der Waals surface area contributed by atoms with Crippen molar-refractivity contribution in [1.29, 1.82) is 0 Å². The summed E-state index contributed by atoms with van der Waals surface area (Å²) >= 11 is 0. The molecule has 1 amide bonds. The van der Waals surface area contributed by atoms with Crippen molar-refractivity contribution in [1.82, 2.24) is 9.62 Å². The summed E-state index contributed by atoms with van der Waals surface area (Å²) in [4.78, 5) is 25.2. The van der Waals surface area contributed by atoms with Gasteiger partial charge in [0.25, 0.3) is 5.91 Å². The predicted octanol–water partition coefficient (Wildman–Crippen LogP) is 1.87. The van der Waals surface area contributed by atoms with Crippen molar-refractivity contribution in [2.75, 3.05) is 19.6 Å². The van der Waals surface area contributed by atoms with Crippen LogP contribution in [0.25, 0.3) is 0 Å². The molecule has 1 heterocycles. The molecule has 8 heteroatoms. The van der Waals surface area contributed by atoms with Crippen molar-refractivity contribution in [2.45, 2.75) is 30.6 Å². The van der Waals surface area contributed by atoms with Gasteiger partial charge in [-0.05, 0) is 49.4 Å². The van der Waals surface area contributed by atoms with Gasteiger partial charge in [-0.15, -0.1) is 6.58 Å². The molecule has 7 nitrogen and oxygen atoms in total. The van der Waals surface area contributed by atoms with Gasteiger partial charge >= 0.3 is 5.97 Å². The predicted molar refractivity (Wildman–Crippen MR) is 97.3 cm³/mol. The maximum atomic E-state index is 12.6. The van der Waals surface area contributed by atoms with E-state index in [0.29, 0.717) is 25.1 Å². The van der Waals surface area contributed by atoms with E-state index in [1.807, 2.05) is 0 Å². The van der Waals surface area contributed by atoms with Gasteiger partial charge in [0.1, 0.15) is 0 Å². The third-order valence-corrected chi connectivity index (χ3v) is 5.84. The number of amides is 1. The summed E-state index contributed by atoms with van der Waals surface area (Å²) in [5.74, 6) is -0.796. The normalized spacial score (nSPS) is 17.7. The maximum absolute atomic E-state index is 12.6. The minimum absolute atomic E-state index is 0.0916. The molecule has 0 bridgehead atoms. The van der Waals surface area contributed by atoms with Crippen LogP contribution in [0.15, 0.2) is 41.8 Å². The zero-order valence-electron chi connectivity index (χ0n) is 14.6. The highest BCUT2D eigenvalue weighted by Gasteiger charge is 2.25. The van der Waals surface area contributed by atoms with E-state index >= 15 is 0 Å². The monoisotopic (exact) mass is 380 g/mol. The lowest BCUT2D eigenvalue weighted by atomic mass is 9.93. The van der Waals surface area contributed by atoms with Crippen molar-refractivity contribution in [2.24, 2.45) is 5.92 Å². The molecule has 1 fully saturated rings. The molecule has 1 atom stereocenters. The molecule has 1 aromatic rings. The second-order valence-electron chi connectivity index (χ2n) is 6.36. The molecule has 142 valence electrons. The first-order chi connectivity index (χ1) is 12.3. The van der Waals surface area contributed by atoms with E-state index in [2.05, 4.69) is 11.3 Å². The van der Waals surface area contributed by atoms with Crippen LogP contribution >= 0.6 is 0 Å². The SMILES string of the molecule is C=CCNS(=O)(=O)c1ccc(C(=O)N2CCCC(CCC(=O)O)C2)cc1. The Morgan fingerprint density at radius 3 is 2.62 bits per heavy atom. The Hall–Kier alpha value is -2.19. The standard InChI is InChI=1S/C18H24N2O5S/c1-2-11-19-26(24,25)16-8-6-15(7-9-16)18(23)20-12-3-4-14(13-20)5-10-17(21)22/h2,6-9,14,19H,1,3-5,10-13H2,(H,21,22). The second kappa shape index (κ2) is 8.95. The molecule has 2 rings (SSSR count). The summed E-state index contributed by atoms with van der Waals surface area (Å²) in [6.07, 6.45) is 3.88. The number of benzene rings is 1. The van der Waals surface area contributed by atoms with Gasteiger partial charge in [-0.3, -0.25) is 9.59 Å². The van der Waals surface area contributed by atoms with Crippen molar-refractivity contribution in [3.05, 3.63) is 42.5 Å². The Bertz CT molecular complexity index is 758. The average molecular weight is 380 g/mol. The van der Waals surface area contributed by atoms with Crippen LogP contribution in [0.1, 0.15) is 36.0 Å². The maximum Gasteiger partial charge on any atom is 0.303 e. The highest BCUT2D eigenvalue weighted by Crippen LogP contribution is 2.23. The van der Waals surface area contributed by atoms with E-state index in [1.165, 1.54) is 30.3 Å². The second-order valence-corrected chi connectivity index (χ2v) is 8.12. The Labute approximate surface area is 153 Å². The minimum Gasteiger partial charge on any atom is -0.481 e. The van der Waals surface area contributed by atoms with E-state index in [1.54, 1.807) is 4.90 Å². The minimum atomic E-state index is -3.62. The molecule has 1 saturated heterocycles. The molecule has 1 unspecified atom stereocenters. The van der Waals surface area contributed by atoms with Gasteiger partial charge in [-0.1, -0.05) is 6.08 Å². The summed E-state index contributed by atoms with van der Waals surface area (Å²) < 4.78 is 26.5. The van der Waals surface area contributed by atoms with Gasteiger partial charge in [0.15, 0.2) is 0 Å². The van der Waals surface area contributed by atoms with Crippen molar-refractivity contribution >= 4 is 21.9 Å². The first-order valence-corrected chi connectivity index (χ1v) is 10.0. The van der Waals surface area contributed by atoms with E-state index in [0.717, 1.165) is 12.8 Å². The van der Waals surface area contributed by atoms with E-state index in [4.69, 9.17) is 5.11 Å². The van der Waals surface area contributed by atoms with Gasteiger partial charge in [0.05, 0.1) is 4.90 Å². The Morgan fingerprint density at radius 1 is 1.31 bits per heavy atom. The number of sulfonamides is 1. The molecule has 0 aromatic heterocycles. The third kappa shape index (κ3) is 5.40. The van der Waals surface area contributed by atoms with E-state index in [-0.39, 0.29) is 29.7 Å². The molecule has 1 aliphatic heterocycles. The third-order valence-electron chi connectivity index (χ3n) is 4.40. The van der Waals surface area contributed by atoms with E-state index < -0.39 is 16.0 Å². The summed E-state index contributed by atoms with van der Waals surface area (Å²) in [6.45, 7) is 4.76. The fourth-order valence-electron chi connectivity index (χ4n) is 3.02. The summed E-state index contributed by atoms with van der Waals surface area (Å²) in [5.41, 5.74) is 0.423. The number of piperidine rings is 1. The zero-order valence-corrected chi connectivity index (χ0v) is 15.4. The summed E-state index contributed by atoms with van der Waals surface area (Å²) in [7, 11) is -3.62. The molecule has 2 N–H and O–H groups in total. The quantitative estimate of drug-likeness (QED) is 0.670. The molecule has 0 spiro atoms. The summed E-state index contributed by atoms with van der Waals surface area (Å²) in [5, 5.41) is 8.80. The molecular formula is C18H24N2O5S. The van der Waals surface area contributed by atoms with E-state index in [9.17, 15) is 18.0 Å². The Kier molecular flexibility index (Phi) is 6.93. The lowest BCUT2D eigenvalue weighted by molar-refractivity contribution is -0.137. The van der Waals surface area contributed by atoms with Gasteiger partial charge in [0, 0.05) is 31.6 Å². The van der Waals surface area contributed by atoms with Crippen LogP contribution in [0.2, 0.25) is 0 Å². The van der Waals surface area contributed by atoms with Crippen LogP contribution in [-0.2, 0) is 14.8 Å². The van der Waals surface area contributed by atoms with Crippen LogP contribution < -0.4 is 4.72 Å². The molecule has 1 aromatic carbocycles. The molecular weight excluding hydrogens is 356 g/mol. The fraction of sp³-hybridized carbons (Fsp3) is 0.444. The van der Waals surface area contributed by atoms with Crippen LogP contribution in [0.3, 0.4) is 0 Å². The number of carboxylic acid groups (broad SMARTS) is 1. The number of hydrogen-bond acceptors (Lipinski definition) is 4. The molecule has 0 aliphatic carbocycles. The number of hydrogen-bond donors (Lipinski definition) is 2. The van der Waals surface area contributed by atoms with Crippen LogP contribution in [0.4, 0.5) is 0 Å². The number of aliphatic carboxylic acids is 1. The topological polar surface area (TPSA) is 104 Å². The van der Waals surface area contributed by atoms with Crippen molar-refractivity contribution in [3.8, 4) is 0 Å². The van der Waals surface area contributed by atoms with Gasteiger partial charge < -0.3 is 10.0 Å². The van der Waals surface area contributed by atoms with Gasteiger partial charge in [-0.25, -0.2) is 13.1 Å². The molecule has 0 saturated carbocycles. The fourth-order valence-corrected chi connectivity index (χ4v) is 4.02. The number of nitrogens with zero attached hydrogens (tertiary/aromatic N) is 1. The number of likely N-dealkylation sites (tertiary alicyclic amines) is 1. The number of carbonyl (C=O) groups excluding carboxylic acids is 1. The Balaban J connectivity index is 2.03. The lowest BCUT2D eigenvalue weighted by Crippen LogP contribution is -2.40. The summed E-state index contributed by atoms with van der Waals surface area (Å²) in [6, 6.07) is 5.83. The number of carbonyl (C=O) groups is 2. The Morgan fingerprint density at radius 2 is 2.00 bits per heavy atom. The number of nitrogens with one attached hydrogen (secondary N) is 1. The number of carboxylic acids is 1. The van der Waals surface area contributed by atoms with Gasteiger partial charge in [-0.2, -0.15) is 0 Å². The zero-order chi connectivity index (χ0) is 19.2. The molecule has 1 aliphatic rings. The first-order valence-electron chi connectivity index (χ1n) is 8.55. The van der Waals surface area contributed by atoms with Crippen LogP contribution in [0.5, 0.6) is 0 Å². The van der Waals surface area contributed by atoms with Gasteiger partial charge in [0.2, 0.25) is 10.0 Å². The smallest absolute Gasteiger partial charge is 0.303 e. The molecule has 26 heavy (non-hydrogen) atoms. The van der Waals surface area contributed by atoms with Crippen molar-refractivity contribution in [3.63, 3.8) is 0 Å².